The van der Waals surface area contributed by atoms with Crippen molar-refractivity contribution in [3.05, 3.63) is 12.0 Å². The third-order valence-corrected chi connectivity index (χ3v) is 6.29. The smallest absolute Gasteiger partial charge is 0.260 e. The molecule has 1 fully saturated rings. The molecule has 1 aliphatic rings. The molecule has 0 atom stereocenters. The minimum Gasteiger partial charge on any atom is -0.332 e. The van der Waals surface area contributed by atoms with E-state index in [0.717, 1.165) is 32.1 Å². The summed E-state index contributed by atoms with van der Waals surface area (Å²) in [6.07, 6.45) is 6.65. The van der Waals surface area contributed by atoms with Gasteiger partial charge in [0.25, 0.3) is 10.0 Å². The summed E-state index contributed by atoms with van der Waals surface area (Å²) in [7, 11) is -3.57. The molecule has 0 aliphatic heterocycles. The van der Waals surface area contributed by atoms with Crippen LogP contribution in [0.2, 0.25) is 0 Å². The van der Waals surface area contributed by atoms with Crippen LogP contribution in [0.5, 0.6) is 0 Å². The lowest BCUT2D eigenvalue weighted by Crippen LogP contribution is -2.54. The van der Waals surface area contributed by atoms with Gasteiger partial charge in [-0.3, -0.25) is 0 Å². The van der Waals surface area contributed by atoms with E-state index >= 15 is 0 Å². The molecular formula is C14H26N4O2S. The standard InChI is InChI=1S/C14H26N4O2S/c1-3-9-18(14(11-15)7-5-6-8-14)21(19,20)13-10-16-12(4-2)17-13/h10H,3-9,11,15H2,1-2H3,(H,16,17). The molecule has 3 N–H and O–H groups in total. The fraction of sp³-hybridized carbons (Fsp3) is 0.786. The minimum absolute atomic E-state index is 0.188. The van der Waals surface area contributed by atoms with Crippen molar-refractivity contribution in [1.82, 2.24) is 14.3 Å². The molecule has 21 heavy (non-hydrogen) atoms. The first-order valence-corrected chi connectivity index (χ1v) is 9.21. The van der Waals surface area contributed by atoms with Gasteiger partial charge in [-0.25, -0.2) is 13.4 Å². The number of nitrogens with one attached hydrogen (secondary N) is 1. The van der Waals surface area contributed by atoms with Crippen LogP contribution in [0.15, 0.2) is 11.2 Å². The zero-order valence-corrected chi connectivity index (χ0v) is 13.7. The quantitative estimate of drug-likeness (QED) is 0.800. The number of hydrogen-bond donors (Lipinski definition) is 2. The molecule has 0 amide bonds. The number of nitrogens with two attached hydrogens (primary N) is 1. The van der Waals surface area contributed by atoms with Gasteiger partial charge in [-0.15, -0.1) is 0 Å². The highest BCUT2D eigenvalue weighted by Crippen LogP contribution is 2.37. The normalized spacial score (nSPS) is 18.5. The second-order valence-corrected chi connectivity index (χ2v) is 7.59. The molecule has 0 radical (unpaired) electrons. The predicted molar refractivity (Wildman–Crippen MR) is 82.4 cm³/mol. The monoisotopic (exact) mass is 314 g/mol. The summed E-state index contributed by atoms with van der Waals surface area (Å²) in [5, 5.41) is 0.188. The molecule has 0 spiro atoms. The number of rotatable bonds is 7. The van der Waals surface area contributed by atoms with Crippen LogP contribution in [-0.2, 0) is 16.4 Å². The molecular weight excluding hydrogens is 288 g/mol. The van der Waals surface area contributed by atoms with Crippen molar-refractivity contribution in [1.29, 1.82) is 0 Å². The van der Waals surface area contributed by atoms with E-state index in [9.17, 15) is 8.42 Å². The van der Waals surface area contributed by atoms with Crippen LogP contribution >= 0.6 is 0 Å². The average molecular weight is 314 g/mol. The molecule has 7 heteroatoms. The van der Waals surface area contributed by atoms with Gasteiger partial charge in [0, 0.05) is 25.0 Å². The second kappa shape index (κ2) is 6.46. The maximum absolute atomic E-state index is 13.0. The second-order valence-electron chi connectivity index (χ2n) is 5.76. The Morgan fingerprint density at radius 2 is 2.05 bits per heavy atom. The molecule has 0 saturated heterocycles. The Morgan fingerprint density at radius 3 is 2.52 bits per heavy atom. The molecule has 120 valence electrons. The van der Waals surface area contributed by atoms with Gasteiger partial charge in [-0.1, -0.05) is 26.7 Å². The Hall–Kier alpha value is -0.920. The van der Waals surface area contributed by atoms with Crippen molar-refractivity contribution in [3.63, 3.8) is 0 Å². The average Bonchev–Trinajstić information content (AvgIpc) is 3.14. The van der Waals surface area contributed by atoms with E-state index in [-0.39, 0.29) is 5.03 Å². The highest BCUT2D eigenvalue weighted by Gasteiger charge is 2.45. The van der Waals surface area contributed by atoms with E-state index in [1.165, 1.54) is 6.20 Å². The summed E-state index contributed by atoms with van der Waals surface area (Å²) in [4.78, 5) is 7.05. The molecule has 0 bridgehead atoms. The van der Waals surface area contributed by atoms with E-state index in [2.05, 4.69) is 9.97 Å². The first-order valence-electron chi connectivity index (χ1n) is 7.77. The molecule has 1 aromatic heterocycles. The van der Waals surface area contributed by atoms with Crippen LogP contribution in [0.1, 0.15) is 51.8 Å². The number of sulfonamides is 1. The van der Waals surface area contributed by atoms with Crippen molar-refractivity contribution in [2.24, 2.45) is 5.73 Å². The van der Waals surface area contributed by atoms with Crippen molar-refractivity contribution < 1.29 is 8.42 Å². The van der Waals surface area contributed by atoms with Gasteiger partial charge in [0.1, 0.15) is 5.82 Å². The number of aromatic amines is 1. The molecule has 1 saturated carbocycles. The molecule has 0 aromatic carbocycles. The van der Waals surface area contributed by atoms with Gasteiger partial charge in [0.2, 0.25) is 0 Å². The lowest BCUT2D eigenvalue weighted by Gasteiger charge is -2.39. The Kier molecular flexibility index (Phi) is 5.06. The Labute approximate surface area is 127 Å². The number of hydrogen-bond acceptors (Lipinski definition) is 4. The number of nitrogens with zero attached hydrogens (tertiary/aromatic N) is 2. The summed E-state index contributed by atoms with van der Waals surface area (Å²) in [5.41, 5.74) is 5.55. The summed E-state index contributed by atoms with van der Waals surface area (Å²) >= 11 is 0. The Morgan fingerprint density at radius 1 is 1.38 bits per heavy atom. The number of aryl methyl sites for hydroxylation is 1. The molecule has 1 aliphatic carbocycles. The summed E-state index contributed by atoms with van der Waals surface area (Å²) in [6, 6.07) is 0. The van der Waals surface area contributed by atoms with Crippen LogP contribution < -0.4 is 5.73 Å². The maximum atomic E-state index is 13.0. The highest BCUT2D eigenvalue weighted by molar-refractivity contribution is 7.89. The third kappa shape index (κ3) is 3.00. The molecule has 2 rings (SSSR count). The van der Waals surface area contributed by atoms with Crippen LogP contribution in [0.3, 0.4) is 0 Å². The summed E-state index contributed by atoms with van der Waals surface area (Å²) < 4.78 is 27.6. The molecule has 1 aromatic rings. The van der Waals surface area contributed by atoms with E-state index in [4.69, 9.17) is 5.73 Å². The maximum Gasteiger partial charge on any atom is 0.260 e. The van der Waals surface area contributed by atoms with E-state index in [1.807, 2.05) is 13.8 Å². The Balaban J connectivity index is 2.40. The zero-order valence-electron chi connectivity index (χ0n) is 12.9. The molecule has 0 unspecified atom stereocenters. The summed E-state index contributed by atoms with van der Waals surface area (Å²) in [6.45, 7) is 4.81. The van der Waals surface area contributed by atoms with E-state index < -0.39 is 15.6 Å². The van der Waals surface area contributed by atoms with Crippen molar-refractivity contribution >= 4 is 10.0 Å². The van der Waals surface area contributed by atoms with Crippen LogP contribution in [0, 0.1) is 0 Å². The van der Waals surface area contributed by atoms with Gasteiger partial charge in [0.05, 0.1) is 6.20 Å². The van der Waals surface area contributed by atoms with Gasteiger partial charge in [-0.05, 0) is 19.3 Å². The van der Waals surface area contributed by atoms with Gasteiger partial charge in [0.15, 0.2) is 5.03 Å². The number of aromatic nitrogens is 2. The van der Waals surface area contributed by atoms with Crippen LogP contribution in [-0.4, -0.2) is 41.3 Å². The lowest BCUT2D eigenvalue weighted by molar-refractivity contribution is 0.197. The fourth-order valence-electron chi connectivity index (χ4n) is 3.18. The largest absolute Gasteiger partial charge is 0.332 e. The first kappa shape index (κ1) is 16.5. The molecule has 6 nitrogen and oxygen atoms in total. The SMILES string of the molecule is CCCN(C1(CN)CCCC1)S(=O)(=O)c1cnc(CC)[nH]1. The Bertz CT molecular complexity index is 561. The zero-order chi connectivity index (χ0) is 15.5. The lowest BCUT2D eigenvalue weighted by atomic mass is 9.98. The van der Waals surface area contributed by atoms with Crippen LogP contribution in [0.4, 0.5) is 0 Å². The highest BCUT2D eigenvalue weighted by atomic mass is 32.2. The molecule has 1 heterocycles. The van der Waals surface area contributed by atoms with Gasteiger partial charge < -0.3 is 10.7 Å². The van der Waals surface area contributed by atoms with Crippen LogP contribution in [0.25, 0.3) is 0 Å². The van der Waals surface area contributed by atoms with E-state index in [0.29, 0.717) is 25.3 Å². The van der Waals surface area contributed by atoms with Crippen molar-refractivity contribution in [2.75, 3.05) is 13.1 Å². The predicted octanol–water partition coefficient (Wildman–Crippen LogP) is 1.64. The number of imidazole rings is 1. The van der Waals surface area contributed by atoms with Gasteiger partial charge >= 0.3 is 0 Å². The summed E-state index contributed by atoms with van der Waals surface area (Å²) in [5.74, 6) is 0.693. The van der Waals surface area contributed by atoms with Crippen molar-refractivity contribution in [3.8, 4) is 0 Å². The first-order chi connectivity index (χ1) is 10.00. The fourth-order valence-corrected chi connectivity index (χ4v) is 5.04. The van der Waals surface area contributed by atoms with E-state index in [1.54, 1.807) is 4.31 Å². The van der Waals surface area contributed by atoms with Crippen molar-refractivity contribution in [2.45, 2.75) is 62.9 Å². The number of H-pyrrole nitrogens is 1. The van der Waals surface area contributed by atoms with Gasteiger partial charge in [-0.2, -0.15) is 4.31 Å². The third-order valence-electron chi connectivity index (χ3n) is 4.38. The topological polar surface area (TPSA) is 92.1 Å². The minimum atomic E-state index is -3.57.